The molecule has 1 heterocycles. The standard InChI is InChI=1S/C10H11ClO3/c11-8-1-3-9(4-2-8)14-10(5-12)6-13-7-10/h1-4,12H,5-7H2. The fourth-order valence-electron chi connectivity index (χ4n) is 1.26. The molecule has 0 radical (unpaired) electrons. The number of rotatable bonds is 3. The van der Waals surface area contributed by atoms with Crippen molar-refractivity contribution in [2.75, 3.05) is 19.8 Å². The minimum Gasteiger partial charge on any atom is -0.480 e. The van der Waals surface area contributed by atoms with Crippen molar-refractivity contribution in [1.82, 2.24) is 0 Å². The highest BCUT2D eigenvalue weighted by Gasteiger charge is 2.40. The maximum atomic E-state index is 9.12. The molecule has 2 rings (SSSR count). The van der Waals surface area contributed by atoms with Crippen LogP contribution in [0.25, 0.3) is 0 Å². The van der Waals surface area contributed by atoms with Crippen molar-refractivity contribution in [3.05, 3.63) is 29.3 Å². The lowest BCUT2D eigenvalue weighted by Gasteiger charge is -2.39. The van der Waals surface area contributed by atoms with E-state index < -0.39 is 5.60 Å². The van der Waals surface area contributed by atoms with Gasteiger partial charge in [0.1, 0.15) is 5.75 Å². The largest absolute Gasteiger partial charge is 0.480 e. The van der Waals surface area contributed by atoms with Gasteiger partial charge in [0.15, 0.2) is 5.60 Å². The van der Waals surface area contributed by atoms with Gasteiger partial charge in [-0.15, -0.1) is 0 Å². The third kappa shape index (κ3) is 1.85. The molecule has 1 aromatic rings. The Balaban J connectivity index is 2.06. The Morgan fingerprint density at radius 3 is 2.43 bits per heavy atom. The normalized spacial score (nSPS) is 18.7. The molecule has 76 valence electrons. The maximum absolute atomic E-state index is 9.12. The highest BCUT2D eigenvalue weighted by Crippen LogP contribution is 2.25. The number of aliphatic hydroxyl groups is 1. The molecular formula is C10H11ClO3. The summed E-state index contributed by atoms with van der Waals surface area (Å²) in [6, 6.07) is 7.05. The van der Waals surface area contributed by atoms with E-state index in [4.69, 9.17) is 26.2 Å². The van der Waals surface area contributed by atoms with Gasteiger partial charge in [0.2, 0.25) is 0 Å². The first-order chi connectivity index (χ1) is 6.74. The van der Waals surface area contributed by atoms with E-state index in [2.05, 4.69) is 0 Å². The van der Waals surface area contributed by atoms with Gasteiger partial charge in [-0.3, -0.25) is 0 Å². The number of ether oxygens (including phenoxy) is 2. The molecule has 0 saturated carbocycles. The third-order valence-corrected chi connectivity index (χ3v) is 2.42. The highest BCUT2D eigenvalue weighted by atomic mass is 35.5. The molecule has 0 amide bonds. The Bertz CT molecular complexity index is 300. The zero-order valence-electron chi connectivity index (χ0n) is 7.57. The summed E-state index contributed by atoms with van der Waals surface area (Å²) in [6.07, 6.45) is 0. The minimum absolute atomic E-state index is 0.0321. The van der Waals surface area contributed by atoms with Crippen molar-refractivity contribution in [3.8, 4) is 5.75 Å². The highest BCUT2D eigenvalue weighted by molar-refractivity contribution is 6.30. The third-order valence-electron chi connectivity index (χ3n) is 2.17. The molecule has 0 bridgehead atoms. The minimum atomic E-state index is -0.548. The molecule has 0 aliphatic carbocycles. The summed E-state index contributed by atoms with van der Waals surface area (Å²) >= 11 is 5.74. The van der Waals surface area contributed by atoms with Crippen molar-refractivity contribution >= 4 is 11.6 Å². The lowest BCUT2D eigenvalue weighted by atomic mass is 10.0. The van der Waals surface area contributed by atoms with Crippen LogP contribution in [-0.4, -0.2) is 30.5 Å². The Kier molecular flexibility index (Phi) is 2.63. The van der Waals surface area contributed by atoms with Gasteiger partial charge < -0.3 is 14.6 Å². The van der Waals surface area contributed by atoms with E-state index in [0.29, 0.717) is 24.0 Å². The number of aliphatic hydroxyl groups excluding tert-OH is 1. The summed E-state index contributed by atoms with van der Waals surface area (Å²) in [6.45, 7) is 0.841. The average Bonchev–Trinajstić information content (AvgIpc) is 2.15. The molecule has 14 heavy (non-hydrogen) atoms. The van der Waals surface area contributed by atoms with Gasteiger partial charge in [-0.25, -0.2) is 0 Å². The molecule has 4 heteroatoms. The van der Waals surface area contributed by atoms with Crippen molar-refractivity contribution < 1.29 is 14.6 Å². The van der Waals surface area contributed by atoms with Gasteiger partial charge >= 0.3 is 0 Å². The van der Waals surface area contributed by atoms with Crippen LogP contribution in [-0.2, 0) is 4.74 Å². The van der Waals surface area contributed by atoms with E-state index in [1.165, 1.54) is 0 Å². The van der Waals surface area contributed by atoms with Crippen LogP contribution in [0.1, 0.15) is 0 Å². The van der Waals surface area contributed by atoms with Gasteiger partial charge in [-0.2, -0.15) is 0 Å². The number of hydrogen-bond donors (Lipinski definition) is 1. The van der Waals surface area contributed by atoms with Gasteiger partial charge in [0.25, 0.3) is 0 Å². The predicted molar refractivity (Wildman–Crippen MR) is 52.7 cm³/mol. The number of benzene rings is 1. The topological polar surface area (TPSA) is 38.7 Å². The van der Waals surface area contributed by atoms with Gasteiger partial charge in [0, 0.05) is 5.02 Å². The molecule has 1 aliphatic heterocycles. The van der Waals surface area contributed by atoms with Crippen LogP contribution < -0.4 is 4.74 Å². The van der Waals surface area contributed by atoms with Crippen LogP contribution in [0.4, 0.5) is 0 Å². The molecule has 1 fully saturated rings. The molecule has 3 nitrogen and oxygen atoms in total. The summed E-state index contributed by atoms with van der Waals surface area (Å²) < 4.78 is 10.6. The van der Waals surface area contributed by atoms with E-state index in [-0.39, 0.29) is 6.61 Å². The molecular weight excluding hydrogens is 204 g/mol. The summed E-state index contributed by atoms with van der Waals surface area (Å²) in [5.41, 5.74) is -0.548. The summed E-state index contributed by atoms with van der Waals surface area (Å²) in [5, 5.41) is 9.79. The lowest BCUT2D eigenvalue weighted by molar-refractivity contribution is -0.180. The maximum Gasteiger partial charge on any atom is 0.178 e. The quantitative estimate of drug-likeness (QED) is 0.829. The molecule has 0 unspecified atom stereocenters. The van der Waals surface area contributed by atoms with Crippen LogP contribution >= 0.6 is 11.6 Å². The van der Waals surface area contributed by atoms with E-state index in [0.717, 1.165) is 0 Å². The summed E-state index contributed by atoms with van der Waals surface area (Å²) in [7, 11) is 0. The fourth-order valence-corrected chi connectivity index (χ4v) is 1.39. The van der Waals surface area contributed by atoms with E-state index >= 15 is 0 Å². The number of halogens is 1. The van der Waals surface area contributed by atoms with Crippen LogP contribution in [0, 0.1) is 0 Å². The Labute approximate surface area is 87.2 Å². The van der Waals surface area contributed by atoms with Crippen molar-refractivity contribution in [2.45, 2.75) is 5.60 Å². The molecule has 1 aliphatic rings. The Hall–Kier alpha value is -0.770. The average molecular weight is 215 g/mol. The van der Waals surface area contributed by atoms with Crippen LogP contribution in [0.3, 0.4) is 0 Å². The molecule has 1 N–H and O–H groups in total. The first-order valence-electron chi connectivity index (χ1n) is 4.37. The van der Waals surface area contributed by atoms with Gasteiger partial charge in [-0.1, -0.05) is 11.6 Å². The Morgan fingerprint density at radius 1 is 1.36 bits per heavy atom. The molecule has 1 aromatic carbocycles. The smallest absolute Gasteiger partial charge is 0.178 e. The first-order valence-corrected chi connectivity index (χ1v) is 4.75. The predicted octanol–water partition coefficient (Wildman–Crippen LogP) is 1.48. The first kappa shape index (κ1) is 9.77. The second-order valence-corrected chi connectivity index (χ2v) is 3.83. The second kappa shape index (κ2) is 3.77. The van der Waals surface area contributed by atoms with Crippen molar-refractivity contribution in [1.29, 1.82) is 0 Å². The van der Waals surface area contributed by atoms with Crippen LogP contribution in [0.15, 0.2) is 24.3 Å². The molecule has 0 aromatic heterocycles. The monoisotopic (exact) mass is 214 g/mol. The van der Waals surface area contributed by atoms with Gasteiger partial charge in [0.05, 0.1) is 19.8 Å². The van der Waals surface area contributed by atoms with E-state index in [1.54, 1.807) is 24.3 Å². The lowest BCUT2D eigenvalue weighted by Crippen LogP contribution is -2.57. The number of hydrogen-bond acceptors (Lipinski definition) is 3. The van der Waals surface area contributed by atoms with Crippen LogP contribution in [0.5, 0.6) is 5.75 Å². The Morgan fingerprint density at radius 2 is 2.00 bits per heavy atom. The molecule has 0 spiro atoms. The SMILES string of the molecule is OCC1(Oc2ccc(Cl)cc2)COC1. The summed E-state index contributed by atoms with van der Waals surface area (Å²) in [5.74, 6) is 0.701. The molecule has 0 atom stereocenters. The van der Waals surface area contributed by atoms with Gasteiger partial charge in [-0.05, 0) is 24.3 Å². The summed E-state index contributed by atoms with van der Waals surface area (Å²) in [4.78, 5) is 0. The van der Waals surface area contributed by atoms with Crippen molar-refractivity contribution in [3.63, 3.8) is 0 Å². The second-order valence-electron chi connectivity index (χ2n) is 3.39. The van der Waals surface area contributed by atoms with Crippen molar-refractivity contribution in [2.24, 2.45) is 0 Å². The fraction of sp³-hybridized carbons (Fsp3) is 0.400. The van der Waals surface area contributed by atoms with E-state index in [9.17, 15) is 0 Å². The van der Waals surface area contributed by atoms with E-state index in [1.807, 2.05) is 0 Å². The van der Waals surface area contributed by atoms with Crippen LogP contribution in [0.2, 0.25) is 5.02 Å². The zero-order chi connectivity index (χ0) is 10.0. The zero-order valence-corrected chi connectivity index (χ0v) is 8.33. The molecule has 1 saturated heterocycles.